The number of hydrogen-bond acceptors (Lipinski definition) is 4. The molecule has 4 N–H and O–H groups in total. The fourth-order valence-corrected chi connectivity index (χ4v) is 3.28. The van der Waals surface area contributed by atoms with Crippen molar-refractivity contribution in [3.8, 4) is 5.75 Å². The highest BCUT2D eigenvalue weighted by atomic mass is 32.1. The van der Waals surface area contributed by atoms with E-state index in [4.69, 9.17) is 0 Å². The molecule has 1 heterocycles. The third-order valence-corrected chi connectivity index (χ3v) is 5.23. The summed E-state index contributed by atoms with van der Waals surface area (Å²) in [4.78, 5) is 18.0. The van der Waals surface area contributed by atoms with Crippen LogP contribution in [0, 0.1) is 0 Å². The molecule has 0 spiro atoms. The Morgan fingerprint density at radius 2 is 1.81 bits per heavy atom. The highest BCUT2D eigenvalue weighted by Crippen LogP contribution is 2.27. The van der Waals surface area contributed by atoms with Gasteiger partial charge in [-0.05, 0) is 42.6 Å². The minimum Gasteiger partial charge on any atom is -0.508 e. The average molecular weight is 389 g/mol. The summed E-state index contributed by atoms with van der Waals surface area (Å²) in [5, 5.41) is 20.7. The van der Waals surface area contributed by atoms with Crippen LogP contribution in [0.15, 0.2) is 46.8 Å². The molecule has 0 aliphatic carbocycles. The number of guanidine groups is 1. The zero-order valence-electron chi connectivity index (χ0n) is 16.1. The van der Waals surface area contributed by atoms with Crippen LogP contribution in [0.3, 0.4) is 0 Å². The van der Waals surface area contributed by atoms with Gasteiger partial charge in [0.25, 0.3) is 5.91 Å². The molecule has 2 aromatic rings. The monoisotopic (exact) mass is 388 g/mol. The number of aliphatic imine (C=N–C) groups is 1. The van der Waals surface area contributed by atoms with Crippen LogP contribution in [-0.2, 0) is 5.41 Å². The van der Waals surface area contributed by atoms with Crippen LogP contribution in [0.5, 0.6) is 5.75 Å². The van der Waals surface area contributed by atoms with Gasteiger partial charge < -0.3 is 21.1 Å². The Hall–Kier alpha value is -2.54. The van der Waals surface area contributed by atoms with E-state index in [1.807, 2.05) is 6.92 Å². The number of rotatable bonds is 8. The lowest BCUT2D eigenvalue weighted by molar-refractivity contribution is 0.0954. The lowest BCUT2D eigenvalue weighted by Gasteiger charge is -2.22. The number of carbonyl (C=O) groups is 1. The first kappa shape index (κ1) is 20.8. The maximum atomic E-state index is 12.0. The van der Waals surface area contributed by atoms with Crippen LogP contribution in [0.25, 0.3) is 0 Å². The average Bonchev–Trinajstić information content (AvgIpc) is 3.19. The highest BCUT2D eigenvalue weighted by Gasteiger charge is 2.21. The van der Waals surface area contributed by atoms with E-state index in [1.54, 1.807) is 23.5 Å². The Morgan fingerprint density at radius 1 is 1.11 bits per heavy atom. The second kappa shape index (κ2) is 9.97. The van der Waals surface area contributed by atoms with Gasteiger partial charge in [-0.2, -0.15) is 0 Å². The van der Waals surface area contributed by atoms with E-state index in [9.17, 15) is 9.90 Å². The topological polar surface area (TPSA) is 85.8 Å². The molecule has 0 atom stereocenters. The number of nitrogens with zero attached hydrogens (tertiary/aromatic N) is 1. The lowest BCUT2D eigenvalue weighted by Crippen LogP contribution is -2.42. The van der Waals surface area contributed by atoms with Crippen molar-refractivity contribution in [1.82, 2.24) is 16.0 Å². The maximum absolute atomic E-state index is 12.0. The third kappa shape index (κ3) is 6.60. The van der Waals surface area contributed by atoms with Gasteiger partial charge in [-0.3, -0.25) is 9.79 Å². The molecule has 1 amide bonds. The molecule has 0 radical (unpaired) electrons. The zero-order chi connectivity index (χ0) is 19.7. The molecule has 27 heavy (non-hydrogen) atoms. The molecule has 7 heteroatoms. The Bertz CT molecular complexity index is 740. The molecule has 1 aromatic carbocycles. The normalized spacial score (nSPS) is 11.9. The predicted octanol–water partition coefficient (Wildman–Crippen LogP) is 2.72. The number of aromatic hydroxyl groups is 1. The van der Waals surface area contributed by atoms with E-state index in [2.05, 4.69) is 52.3 Å². The molecular formula is C20H28N4O2S. The first-order valence-electron chi connectivity index (χ1n) is 9.06. The Morgan fingerprint density at radius 3 is 2.44 bits per heavy atom. The van der Waals surface area contributed by atoms with Crippen molar-refractivity contribution >= 4 is 23.2 Å². The van der Waals surface area contributed by atoms with Gasteiger partial charge >= 0.3 is 0 Å². The Kier molecular flexibility index (Phi) is 7.67. The number of phenols is 1. The van der Waals surface area contributed by atoms with Crippen LogP contribution in [0.4, 0.5) is 0 Å². The van der Waals surface area contributed by atoms with Crippen LogP contribution >= 0.6 is 11.3 Å². The second-order valence-electron chi connectivity index (χ2n) is 6.79. The smallest absolute Gasteiger partial charge is 0.251 e. The van der Waals surface area contributed by atoms with Crippen molar-refractivity contribution in [3.05, 3.63) is 52.2 Å². The van der Waals surface area contributed by atoms with Gasteiger partial charge in [0.15, 0.2) is 5.96 Å². The first-order valence-corrected chi connectivity index (χ1v) is 9.94. The van der Waals surface area contributed by atoms with E-state index in [0.717, 1.165) is 12.5 Å². The van der Waals surface area contributed by atoms with Crippen molar-refractivity contribution in [2.45, 2.75) is 26.2 Å². The Labute approximate surface area is 164 Å². The summed E-state index contributed by atoms with van der Waals surface area (Å²) in [6, 6.07) is 10.4. The van der Waals surface area contributed by atoms with Gasteiger partial charge in [0.1, 0.15) is 5.75 Å². The zero-order valence-corrected chi connectivity index (χ0v) is 16.9. The van der Waals surface area contributed by atoms with Crippen molar-refractivity contribution in [2.75, 3.05) is 26.2 Å². The maximum Gasteiger partial charge on any atom is 0.251 e. The molecule has 0 saturated heterocycles. The van der Waals surface area contributed by atoms with E-state index in [-0.39, 0.29) is 17.1 Å². The predicted molar refractivity (Wildman–Crippen MR) is 112 cm³/mol. The van der Waals surface area contributed by atoms with Gasteiger partial charge in [0.2, 0.25) is 0 Å². The van der Waals surface area contributed by atoms with Crippen molar-refractivity contribution in [3.63, 3.8) is 0 Å². The number of thiophene rings is 1. The number of phenolic OH excluding ortho intramolecular Hbond substituents is 1. The van der Waals surface area contributed by atoms with Crippen LogP contribution in [0.2, 0.25) is 0 Å². The SMILES string of the molecule is CCNC(=NCC(C)(C)c1cccs1)NCCNC(=O)c1ccc(O)cc1. The van der Waals surface area contributed by atoms with Crippen molar-refractivity contribution in [1.29, 1.82) is 0 Å². The summed E-state index contributed by atoms with van der Waals surface area (Å²) in [6.07, 6.45) is 0. The quantitative estimate of drug-likeness (QED) is 0.318. The molecule has 0 aliphatic heterocycles. The summed E-state index contributed by atoms with van der Waals surface area (Å²) in [5.74, 6) is 0.712. The van der Waals surface area contributed by atoms with Gasteiger partial charge in [0, 0.05) is 35.5 Å². The van der Waals surface area contributed by atoms with Gasteiger partial charge in [-0.25, -0.2) is 0 Å². The summed E-state index contributed by atoms with van der Waals surface area (Å²) in [7, 11) is 0. The van der Waals surface area contributed by atoms with E-state index >= 15 is 0 Å². The number of amides is 1. The van der Waals surface area contributed by atoms with Crippen LogP contribution in [-0.4, -0.2) is 43.2 Å². The molecule has 0 bridgehead atoms. The fraction of sp³-hybridized carbons (Fsp3) is 0.400. The minimum absolute atomic E-state index is 0.0242. The number of hydrogen-bond donors (Lipinski definition) is 4. The lowest BCUT2D eigenvalue weighted by atomic mass is 9.92. The summed E-state index contributed by atoms with van der Waals surface area (Å²) >= 11 is 1.75. The van der Waals surface area contributed by atoms with Gasteiger partial charge in [0.05, 0.1) is 6.54 Å². The molecule has 0 fully saturated rings. The standard InChI is InChI=1S/C20H28N4O2S/c1-4-21-19(24-14-20(2,3)17-6-5-13-27-17)23-12-11-22-18(26)15-7-9-16(25)10-8-15/h5-10,13,25H,4,11-12,14H2,1-3H3,(H,22,26)(H2,21,23,24). The fourth-order valence-electron chi connectivity index (χ4n) is 2.43. The van der Waals surface area contributed by atoms with E-state index < -0.39 is 0 Å². The van der Waals surface area contributed by atoms with Gasteiger partial charge in [-0.15, -0.1) is 11.3 Å². The summed E-state index contributed by atoms with van der Waals surface area (Å²) in [5.41, 5.74) is 0.495. The molecule has 6 nitrogen and oxygen atoms in total. The largest absolute Gasteiger partial charge is 0.508 e. The molecule has 146 valence electrons. The third-order valence-electron chi connectivity index (χ3n) is 4.00. The van der Waals surface area contributed by atoms with Crippen molar-refractivity contribution in [2.24, 2.45) is 4.99 Å². The van der Waals surface area contributed by atoms with E-state index in [0.29, 0.717) is 25.2 Å². The minimum atomic E-state index is -0.169. The number of carbonyl (C=O) groups excluding carboxylic acids is 1. The summed E-state index contributed by atoms with van der Waals surface area (Å²) in [6.45, 7) is 8.86. The molecule has 2 rings (SSSR count). The number of nitrogens with one attached hydrogen (secondary N) is 3. The molecule has 1 aromatic heterocycles. The molecule has 0 unspecified atom stereocenters. The Balaban J connectivity index is 1.81. The van der Waals surface area contributed by atoms with Gasteiger partial charge in [-0.1, -0.05) is 19.9 Å². The molecular weight excluding hydrogens is 360 g/mol. The number of benzene rings is 1. The highest BCUT2D eigenvalue weighted by molar-refractivity contribution is 7.10. The van der Waals surface area contributed by atoms with Crippen LogP contribution < -0.4 is 16.0 Å². The second-order valence-corrected chi connectivity index (χ2v) is 7.73. The molecule has 0 aliphatic rings. The summed E-state index contributed by atoms with van der Waals surface area (Å²) < 4.78 is 0. The van der Waals surface area contributed by atoms with Crippen LogP contribution in [0.1, 0.15) is 36.0 Å². The first-order chi connectivity index (χ1) is 12.9. The molecule has 0 saturated carbocycles. The van der Waals surface area contributed by atoms with Crippen molar-refractivity contribution < 1.29 is 9.90 Å². The van der Waals surface area contributed by atoms with E-state index in [1.165, 1.54) is 17.0 Å².